The van der Waals surface area contributed by atoms with E-state index in [1.54, 1.807) is 6.07 Å². The van der Waals surface area contributed by atoms with Gasteiger partial charge in [0.2, 0.25) is 5.91 Å². The molecule has 1 amide bonds. The molecular weight excluding hydrogens is 368 g/mol. The molecule has 0 bridgehead atoms. The van der Waals surface area contributed by atoms with Crippen LogP contribution in [0.2, 0.25) is 0 Å². The highest BCUT2D eigenvalue weighted by atomic mass is 19.3. The molecular formula is C19H25F2N5O2. The van der Waals surface area contributed by atoms with Crippen LogP contribution in [0, 0.1) is 5.41 Å². The number of carbonyl (C=O) groups is 1. The number of anilines is 1. The number of aromatic amines is 1. The standard InChI is InChI=1S/C19H25F2N5O2/c1-19(2,7-10-25-8-3-4-9-25)17(28)22-15-11-14(23-24-15)13-5-6-16(27)26(12-13)18(20)21/h5-6,11-12,18H,3-4,7-10H2,1-2H3,(H2,22,23,24,28). The minimum Gasteiger partial charge on any atom is -0.311 e. The van der Waals surface area contributed by atoms with Crippen molar-refractivity contribution in [3.05, 3.63) is 34.7 Å². The van der Waals surface area contributed by atoms with Crippen LogP contribution in [0.4, 0.5) is 14.6 Å². The van der Waals surface area contributed by atoms with Crippen molar-refractivity contribution in [3.63, 3.8) is 0 Å². The summed E-state index contributed by atoms with van der Waals surface area (Å²) < 4.78 is 26.1. The zero-order valence-electron chi connectivity index (χ0n) is 16.0. The zero-order chi connectivity index (χ0) is 20.3. The van der Waals surface area contributed by atoms with E-state index in [4.69, 9.17) is 0 Å². The maximum atomic E-state index is 12.9. The summed E-state index contributed by atoms with van der Waals surface area (Å²) in [5, 5.41) is 9.56. The maximum Gasteiger partial charge on any atom is 0.321 e. The topological polar surface area (TPSA) is 83.0 Å². The van der Waals surface area contributed by atoms with Gasteiger partial charge in [-0.1, -0.05) is 13.8 Å². The van der Waals surface area contributed by atoms with Crippen LogP contribution in [-0.2, 0) is 4.79 Å². The molecule has 3 heterocycles. The van der Waals surface area contributed by atoms with Gasteiger partial charge in [-0.25, -0.2) is 0 Å². The Morgan fingerprint density at radius 1 is 1.32 bits per heavy atom. The van der Waals surface area contributed by atoms with Gasteiger partial charge in [0, 0.05) is 29.3 Å². The molecule has 152 valence electrons. The lowest BCUT2D eigenvalue weighted by atomic mass is 9.88. The number of H-pyrrole nitrogens is 1. The fourth-order valence-corrected chi connectivity index (χ4v) is 3.19. The molecule has 0 saturated carbocycles. The summed E-state index contributed by atoms with van der Waals surface area (Å²) in [6.45, 7) is 3.92. The SMILES string of the molecule is CC(C)(CCN1CCCC1)C(=O)Nc1cc(-c2ccc(=O)n(C(F)F)c2)n[nH]1. The van der Waals surface area contributed by atoms with E-state index < -0.39 is 17.5 Å². The highest BCUT2D eigenvalue weighted by Gasteiger charge is 2.29. The van der Waals surface area contributed by atoms with Crippen LogP contribution in [0.25, 0.3) is 11.3 Å². The third-order valence-corrected chi connectivity index (χ3v) is 5.14. The second-order valence-corrected chi connectivity index (χ2v) is 7.74. The van der Waals surface area contributed by atoms with Crippen LogP contribution in [0.15, 0.2) is 29.2 Å². The number of hydrogen-bond donors (Lipinski definition) is 2. The van der Waals surface area contributed by atoms with Crippen molar-refractivity contribution in [2.24, 2.45) is 5.41 Å². The van der Waals surface area contributed by atoms with E-state index >= 15 is 0 Å². The lowest BCUT2D eigenvalue weighted by molar-refractivity contribution is -0.124. The Hall–Kier alpha value is -2.55. The van der Waals surface area contributed by atoms with Crippen LogP contribution in [0.5, 0.6) is 0 Å². The Morgan fingerprint density at radius 2 is 2.04 bits per heavy atom. The zero-order valence-corrected chi connectivity index (χ0v) is 16.0. The van der Waals surface area contributed by atoms with Gasteiger partial charge in [-0.2, -0.15) is 13.9 Å². The van der Waals surface area contributed by atoms with Crippen LogP contribution in [-0.4, -0.2) is 45.2 Å². The summed E-state index contributed by atoms with van der Waals surface area (Å²) in [6.07, 6.45) is 4.21. The number of rotatable bonds is 7. The van der Waals surface area contributed by atoms with Gasteiger partial charge >= 0.3 is 6.55 Å². The van der Waals surface area contributed by atoms with E-state index in [2.05, 4.69) is 20.4 Å². The van der Waals surface area contributed by atoms with Crippen LogP contribution in [0.3, 0.4) is 0 Å². The van der Waals surface area contributed by atoms with Crippen LogP contribution >= 0.6 is 0 Å². The lowest BCUT2D eigenvalue weighted by Crippen LogP contribution is -2.34. The number of nitrogens with one attached hydrogen (secondary N) is 2. The Balaban J connectivity index is 1.66. The Labute approximate surface area is 161 Å². The molecule has 1 aliphatic rings. The number of aromatic nitrogens is 3. The van der Waals surface area contributed by atoms with Crippen molar-refractivity contribution >= 4 is 11.7 Å². The molecule has 2 aromatic rings. The highest BCUT2D eigenvalue weighted by Crippen LogP contribution is 2.25. The highest BCUT2D eigenvalue weighted by molar-refractivity contribution is 5.94. The quantitative estimate of drug-likeness (QED) is 0.757. The number of alkyl halides is 2. The molecule has 0 spiro atoms. The first-order valence-corrected chi connectivity index (χ1v) is 9.36. The third-order valence-electron chi connectivity index (χ3n) is 5.14. The van der Waals surface area contributed by atoms with Gasteiger partial charge in [-0.15, -0.1) is 0 Å². The van der Waals surface area contributed by atoms with E-state index in [1.165, 1.54) is 18.9 Å². The molecule has 3 rings (SSSR count). The van der Waals surface area contributed by atoms with Gasteiger partial charge < -0.3 is 10.2 Å². The summed E-state index contributed by atoms with van der Waals surface area (Å²) >= 11 is 0. The Bertz CT molecular complexity index is 884. The van der Waals surface area contributed by atoms with Gasteiger partial charge in [-0.05, 0) is 45.0 Å². The molecule has 9 heteroatoms. The van der Waals surface area contributed by atoms with Crippen molar-refractivity contribution in [1.29, 1.82) is 0 Å². The summed E-state index contributed by atoms with van der Waals surface area (Å²) in [5.41, 5.74) is -0.636. The smallest absolute Gasteiger partial charge is 0.311 e. The minimum atomic E-state index is -2.93. The van der Waals surface area contributed by atoms with Gasteiger partial charge in [-0.3, -0.25) is 19.3 Å². The normalized spacial score (nSPS) is 15.3. The molecule has 0 aromatic carbocycles. The largest absolute Gasteiger partial charge is 0.321 e. The number of likely N-dealkylation sites (tertiary alicyclic amines) is 1. The molecule has 7 nitrogen and oxygen atoms in total. The number of nitrogens with zero attached hydrogens (tertiary/aromatic N) is 3. The molecule has 0 atom stereocenters. The molecule has 2 N–H and O–H groups in total. The Kier molecular flexibility index (Phi) is 5.93. The Morgan fingerprint density at radius 3 is 2.71 bits per heavy atom. The summed E-state index contributed by atoms with van der Waals surface area (Å²) in [4.78, 5) is 26.5. The molecule has 28 heavy (non-hydrogen) atoms. The minimum absolute atomic E-state index is 0.139. The van der Waals surface area contributed by atoms with E-state index in [-0.39, 0.29) is 5.91 Å². The summed E-state index contributed by atoms with van der Waals surface area (Å²) in [7, 11) is 0. The van der Waals surface area contributed by atoms with Crippen LogP contribution < -0.4 is 10.9 Å². The van der Waals surface area contributed by atoms with Gasteiger partial charge in [0.15, 0.2) is 0 Å². The molecule has 1 aliphatic heterocycles. The molecule has 0 aliphatic carbocycles. The second kappa shape index (κ2) is 8.22. The molecule has 1 saturated heterocycles. The average molecular weight is 393 g/mol. The van der Waals surface area contributed by atoms with Gasteiger partial charge in [0.05, 0.1) is 5.69 Å². The number of carbonyl (C=O) groups excluding carboxylic acids is 1. The summed E-state index contributed by atoms with van der Waals surface area (Å²) in [6, 6.07) is 4.04. The number of amides is 1. The van der Waals surface area contributed by atoms with Gasteiger partial charge in [0.25, 0.3) is 5.56 Å². The fraction of sp³-hybridized carbons (Fsp3) is 0.526. The lowest BCUT2D eigenvalue weighted by Gasteiger charge is -2.26. The number of hydrogen-bond acceptors (Lipinski definition) is 4. The fourth-order valence-electron chi connectivity index (χ4n) is 3.19. The van der Waals surface area contributed by atoms with Crippen molar-refractivity contribution in [2.75, 3.05) is 25.0 Å². The average Bonchev–Trinajstić information content (AvgIpc) is 3.32. The number of pyridine rings is 1. The molecule has 0 radical (unpaired) electrons. The number of halogens is 2. The van der Waals surface area contributed by atoms with Crippen molar-refractivity contribution in [3.8, 4) is 11.3 Å². The van der Waals surface area contributed by atoms with Crippen molar-refractivity contribution < 1.29 is 13.6 Å². The van der Waals surface area contributed by atoms with E-state index in [9.17, 15) is 18.4 Å². The maximum absolute atomic E-state index is 12.9. The van der Waals surface area contributed by atoms with Crippen LogP contribution in [0.1, 0.15) is 39.7 Å². The second-order valence-electron chi connectivity index (χ2n) is 7.74. The monoisotopic (exact) mass is 393 g/mol. The van der Waals surface area contributed by atoms with E-state index in [0.29, 0.717) is 21.6 Å². The van der Waals surface area contributed by atoms with Crippen molar-refractivity contribution in [2.45, 2.75) is 39.7 Å². The third kappa shape index (κ3) is 4.64. The molecule has 2 aromatic heterocycles. The summed E-state index contributed by atoms with van der Waals surface area (Å²) in [5.74, 6) is 0.239. The first kappa shape index (κ1) is 20.2. The molecule has 1 fully saturated rings. The predicted octanol–water partition coefficient (Wildman–Crippen LogP) is 3.08. The van der Waals surface area contributed by atoms with Gasteiger partial charge in [0.1, 0.15) is 5.82 Å². The molecule has 0 unspecified atom stereocenters. The van der Waals surface area contributed by atoms with E-state index in [1.807, 2.05) is 13.8 Å². The predicted molar refractivity (Wildman–Crippen MR) is 102 cm³/mol. The van der Waals surface area contributed by atoms with E-state index in [0.717, 1.165) is 38.3 Å². The first-order chi connectivity index (χ1) is 13.3. The first-order valence-electron chi connectivity index (χ1n) is 9.36. The van der Waals surface area contributed by atoms with Crippen molar-refractivity contribution in [1.82, 2.24) is 19.7 Å².